The molecule has 0 aliphatic rings. The van der Waals surface area contributed by atoms with E-state index in [1.54, 1.807) is 32.9 Å². The van der Waals surface area contributed by atoms with Crippen LogP contribution in [0.1, 0.15) is 32.8 Å². The summed E-state index contributed by atoms with van der Waals surface area (Å²) < 4.78 is 5.12. The molecule has 1 aromatic carbocycles. The van der Waals surface area contributed by atoms with Crippen LogP contribution in [0.4, 0.5) is 10.5 Å². The summed E-state index contributed by atoms with van der Waals surface area (Å²) in [7, 11) is 0. The molecular weight excluding hydrogens is 320 g/mol. The summed E-state index contributed by atoms with van der Waals surface area (Å²) in [6.45, 7) is 6.80. The monoisotopic (exact) mass is 342 g/mol. The van der Waals surface area contributed by atoms with E-state index in [0.717, 1.165) is 5.56 Å². The number of aliphatic hydroxyl groups is 1. The first-order valence-corrected chi connectivity index (χ1v) is 7.67. The lowest BCUT2D eigenvalue weighted by Gasteiger charge is -2.23. The number of aryl methyl sites for hydroxylation is 1. The molecule has 1 unspecified atom stereocenters. The highest BCUT2D eigenvalue weighted by Crippen LogP contribution is 2.23. The summed E-state index contributed by atoms with van der Waals surface area (Å²) in [6.07, 6.45) is -0.657. The molecule has 2 amide bonds. The van der Waals surface area contributed by atoms with E-state index in [1.807, 2.05) is 13.0 Å². The molecule has 0 aliphatic carbocycles. The zero-order valence-corrected chi connectivity index (χ0v) is 14.5. The number of carbonyl (C=O) groups excluding carboxylic acids is 2. The third kappa shape index (κ3) is 6.88. The first-order valence-electron chi connectivity index (χ1n) is 7.30. The Labute approximate surface area is 141 Å². The van der Waals surface area contributed by atoms with Crippen LogP contribution in [-0.4, -0.2) is 35.4 Å². The van der Waals surface area contributed by atoms with Gasteiger partial charge in [-0.3, -0.25) is 4.79 Å². The van der Waals surface area contributed by atoms with E-state index in [-0.39, 0.29) is 13.0 Å². The Hall–Kier alpha value is -1.79. The number of ether oxygens (including phenoxy) is 1. The average Bonchev–Trinajstić information content (AvgIpc) is 2.39. The van der Waals surface area contributed by atoms with Gasteiger partial charge in [0, 0.05) is 6.61 Å². The van der Waals surface area contributed by atoms with Crippen molar-refractivity contribution >= 4 is 29.3 Å². The van der Waals surface area contributed by atoms with Crippen molar-refractivity contribution in [3.8, 4) is 0 Å². The second kappa shape index (κ2) is 8.17. The van der Waals surface area contributed by atoms with Crippen LogP contribution in [0.5, 0.6) is 0 Å². The molecule has 0 saturated carbocycles. The van der Waals surface area contributed by atoms with Crippen molar-refractivity contribution in [1.82, 2.24) is 5.32 Å². The summed E-state index contributed by atoms with van der Waals surface area (Å²) in [5, 5.41) is 14.6. The van der Waals surface area contributed by atoms with Gasteiger partial charge in [0.05, 0.1) is 10.7 Å². The normalized spacial score (nSPS) is 12.4. The number of alkyl carbamates (subject to hydrolysis) is 1. The van der Waals surface area contributed by atoms with Crippen LogP contribution < -0.4 is 10.6 Å². The van der Waals surface area contributed by atoms with Crippen molar-refractivity contribution < 1.29 is 19.4 Å². The van der Waals surface area contributed by atoms with Gasteiger partial charge in [-0.25, -0.2) is 4.79 Å². The minimum absolute atomic E-state index is 0.0640. The van der Waals surface area contributed by atoms with E-state index in [2.05, 4.69) is 10.6 Å². The highest BCUT2D eigenvalue weighted by molar-refractivity contribution is 6.33. The van der Waals surface area contributed by atoms with Crippen LogP contribution in [0, 0.1) is 6.92 Å². The molecular formula is C16H23ClN2O4. The number of hydrogen-bond donors (Lipinski definition) is 3. The Morgan fingerprint density at radius 2 is 2.00 bits per heavy atom. The number of nitrogens with one attached hydrogen (secondary N) is 2. The average molecular weight is 343 g/mol. The molecule has 0 heterocycles. The minimum Gasteiger partial charge on any atom is -0.444 e. The fraction of sp³-hybridized carbons (Fsp3) is 0.500. The van der Waals surface area contributed by atoms with E-state index >= 15 is 0 Å². The molecule has 0 aromatic heterocycles. The quantitative estimate of drug-likeness (QED) is 0.767. The first-order chi connectivity index (χ1) is 10.6. The molecule has 7 heteroatoms. The molecule has 23 heavy (non-hydrogen) atoms. The largest absolute Gasteiger partial charge is 0.444 e. The number of amides is 2. The molecule has 1 aromatic rings. The molecule has 128 valence electrons. The van der Waals surface area contributed by atoms with E-state index in [1.165, 1.54) is 0 Å². The molecule has 1 rings (SSSR count). The Bertz CT molecular complexity index is 570. The lowest BCUT2D eigenvalue weighted by molar-refractivity contribution is -0.118. The number of halogens is 1. The zero-order chi connectivity index (χ0) is 17.6. The van der Waals surface area contributed by atoms with E-state index in [4.69, 9.17) is 21.4 Å². The molecule has 0 fully saturated rings. The van der Waals surface area contributed by atoms with Crippen LogP contribution in [-0.2, 0) is 9.53 Å². The fourth-order valence-corrected chi connectivity index (χ4v) is 2.07. The van der Waals surface area contributed by atoms with Gasteiger partial charge in [0.1, 0.15) is 11.6 Å². The van der Waals surface area contributed by atoms with Gasteiger partial charge in [0.15, 0.2) is 0 Å². The predicted octanol–water partition coefficient (Wildman–Crippen LogP) is 2.86. The second-order valence-corrected chi connectivity index (χ2v) is 6.59. The Balaban J connectivity index is 2.76. The van der Waals surface area contributed by atoms with Crippen LogP contribution in [0.15, 0.2) is 18.2 Å². The fourth-order valence-electron chi connectivity index (χ4n) is 1.79. The van der Waals surface area contributed by atoms with Crippen molar-refractivity contribution in [2.24, 2.45) is 0 Å². The van der Waals surface area contributed by atoms with Gasteiger partial charge in [-0.05, 0) is 51.8 Å². The Morgan fingerprint density at radius 1 is 1.35 bits per heavy atom. The van der Waals surface area contributed by atoms with Crippen LogP contribution >= 0.6 is 11.6 Å². The van der Waals surface area contributed by atoms with E-state index in [9.17, 15) is 9.59 Å². The van der Waals surface area contributed by atoms with Crippen molar-refractivity contribution in [1.29, 1.82) is 0 Å². The summed E-state index contributed by atoms with van der Waals surface area (Å²) in [5.74, 6) is -0.476. The summed E-state index contributed by atoms with van der Waals surface area (Å²) in [5.41, 5.74) is 0.730. The zero-order valence-electron chi connectivity index (χ0n) is 13.8. The van der Waals surface area contributed by atoms with Gasteiger partial charge < -0.3 is 20.5 Å². The number of rotatable bonds is 5. The summed E-state index contributed by atoms with van der Waals surface area (Å²) in [4.78, 5) is 24.1. The van der Waals surface area contributed by atoms with Gasteiger partial charge in [-0.1, -0.05) is 17.7 Å². The summed E-state index contributed by atoms with van der Waals surface area (Å²) >= 11 is 6.07. The lowest BCUT2D eigenvalue weighted by atomic mass is 10.1. The Kier molecular flexibility index (Phi) is 6.84. The number of aliphatic hydroxyl groups excluding tert-OH is 1. The van der Waals surface area contributed by atoms with Gasteiger partial charge in [-0.2, -0.15) is 0 Å². The SMILES string of the molecule is Cc1ccc(NC(=O)C(CCO)NC(=O)OC(C)(C)C)c(Cl)c1. The maximum absolute atomic E-state index is 12.3. The summed E-state index contributed by atoms with van der Waals surface area (Å²) in [6, 6.07) is 4.29. The smallest absolute Gasteiger partial charge is 0.408 e. The second-order valence-electron chi connectivity index (χ2n) is 6.18. The van der Waals surface area contributed by atoms with Gasteiger partial charge in [-0.15, -0.1) is 0 Å². The maximum Gasteiger partial charge on any atom is 0.408 e. The standard InChI is InChI=1S/C16H23ClN2O4/c1-10-5-6-12(11(17)9-10)18-14(21)13(7-8-20)19-15(22)23-16(2,3)4/h5-6,9,13,20H,7-8H2,1-4H3,(H,18,21)(H,19,22). The van der Waals surface area contributed by atoms with Crippen molar-refractivity contribution in [2.75, 3.05) is 11.9 Å². The van der Waals surface area contributed by atoms with Crippen molar-refractivity contribution in [2.45, 2.75) is 45.8 Å². The number of benzene rings is 1. The molecule has 0 radical (unpaired) electrons. The molecule has 6 nitrogen and oxygen atoms in total. The van der Waals surface area contributed by atoms with Crippen molar-refractivity contribution in [3.63, 3.8) is 0 Å². The van der Waals surface area contributed by atoms with Crippen molar-refractivity contribution in [3.05, 3.63) is 28.8 Å². The third-order valence-electron chi connectivity index (χ3n) is 2.81. The van der Waals surface area contributed by atoms with E-state index in [0.29, 0.717) is 10.7 Å². The molecule has 1 atom stereocenters. The highest BCUT2D eigenvalue weighted by Gasteiger charge is 2.24. The van der Waals surface area contributed by atoms with E-state index < -0.39 is 23.6 Å². The molecule has 0 saturated heterocycles. The molecule has 0 spiro atoms. The molecule has 0 aliphatic heterocycles. The first kappa shape index (κ1) is 19.3. The van der Waals surface area contributed by atoms with Crippen LogP contribution in [0.3, 0.4) is 0 Å². The maximum atomic E-state index is 12.3. The van der Waals surface area contributed by atoms with Crippen LogP contribution in [0.2, 0.25) is 5.02 Å². The Morgan fingerprint density at radius 3 is 2.52 bits per heavy atom. The minimum atomic E-state index is -0.924. The number of hydrogen-bond acceptors (Lipinski definition) is 4. The van der Waals surface area contributed by atoms with Gasteiger partial charge in [0.2, 0.25) is 5.91 Å². The molecule has 3 N–H and O–H groups in total. The predicted molar refractivity (Wildman–Crippen MR) is 89.7 cm³/mol. The van der Waals surface area contributed by atoms with Gasteiger partial charge in [0.25, 0.3) is 0 Å². The third-order valence-corrected chi connectivity index (χ3v) is 3.12. The number of carbonyl (C=O) groups is 2. The topological polar surface area (TPSA) is 87.7 Å². The highest BCUT2D eigenvalue weighted by atomic mass is 35.5. The van der Waals surface area contributed by atoms with Crippen LogP contribution in [0.25, 0.3) is 0 Å². The lowest BCUT2D eigenvalue weighted by Crippen LogP contribution is -2.46. The molecule has 0 bridgehead atoms. The van der Waals surface area contributed by atoms with Gasteiger partial charge >= 0.3 is 6.09 Å². The number of anilines is 1.